The van der Waals surface area contributed by atoms with Crippen molar-refractivity contribution in [1.29, 1.82) is 0 Å². The molecule has 0 fully saturated rings. The van der Waals surface area contributed by atoms with E-state index in [2.05, 4.69) is 5.32 Å². The molecule has 1 N–H and O–H groups in total. The first-order valence-corrected chi connectivity index (χ1v) is 9.47. The van der Waals surface area contributed by atoms with Crippen molar-refractivity contribution in [1.82, 2.24) is 4.90 Å². The summed E-state index contributed by atoms with van der Waals surface area (Å²) in [5.41, 5.74) is 4.08. The third kappa shape index (κ3) is 3.70. The van der Waals surface area contributed by atoms with Crippen LogP contribution in [-0.2, 0) is 9.59 Å². The maximum absolute atomic E-state index is 13.2. The van der Waals surface area contributed by atoms with Crippen LogP contribution >= 0.6 is 0 Å². The maximum Gasteiger partial charge on any atom is 0.278 e. The number of rotatable bonds is 6. The number of nitrogens with zero attached hydrogens (tertiary/aromatic N) is 1. The molecule has 1 heterocycles. The lowest BCUT2D eigenvalue weighted by Gasteiger charge is -2.19. The van der Waals surface area contributed by atoms with E-state index in [1.54, 1.807) is 32.4 Å². The highest BCUT2D eigenvalue weighted by Crippen LogP contribution is 2.36. The molecule has 0 saturated carbocycles. The van der Waals surface area contributed by atoms with Gasteiger partial charge in [0, 0.05) is 12.1 Å². The van der Waals surface area contributed by atoms with Crippen molar-refractivity contribution in [3.63, 3.8) is 0 Å². The highest BCUT2D eigenvalue weighted by atomic mass is 16.5. The standard InChI is InChI=1S/C23H26N2O4/c1-13(2)25-22(26)20(16-8-7-14(3)15(4)11-16)21(23(25)27)24-18-10-9-17(28-5)12-19(18)29-6/h7-13,24H,1-6H3. The third-order valence-electron chi connectivity index (χ3n) is 5.10. The van der Waals surface area contributed by atoms with Gasteiger partial charge in [-0.3, -0.25) is 14.5 Å². The van der Waals surface area contributed by atoms with E-state index in [1.165, 1.54) is 4.90 Å². The highest BCUT2D eigenvalue weighted by molar-refractivity contribution is 6.36. The predicted molar refractivity (Wildman–Crippen MR) is 113 cm³/mol. The number of nitrogens with one attached hydrogen (secondary N) is 1. The molecule has 0 radical (unpaired) electrons. The summed E-state index contributed by atoms with van der Waals surface area (Å²) in [7, 11) is 3.11. The number of aryl methyl sites for hydroxylation is 2. The molecule has 1 aliphatic rings. The van der Waals surface area contributed by atoms with E-state index < -0.39 is 0 Å². The van der Waals surface area contributed by atoms with Crippen molar-refractivity contribution in [3.8, 4) is 11.5 Å². The Labute approximate surface area is 171 Å². The largest absolute Gasteiger partial charge is 0.497 e. The number of imide groups is 1. The molecule has 0 bridgehead atoms. The van der Waals surface area contributed by atoms with Crippen molar-refractivity contribution >= 4 is 23.1 Å². The minimum absolute atomic E-state index is 0.246. The minimum atomic E-state index is -0.351. The van der Waals surface area contributed by atoms with E-state index >= 15 is 0 Å². The van der Waals surface area contributed by atoms with Crippen molar-refractivity contribution in [2.75, 3.05) is 19.5 Å². The van der Waals surface area contributed by atoms with Crippen LogP contribution < -0.4 is 14.8 Å². The molecule has 6 nitrogen and oxygen atoms in total. The predicted octanol–water partition coefficient (Wildman–Crippen LogP) is 3.92. The zero-order valence-corrected chi connectivity index (χ0v) is 17.6. The maximum atomic E-state index is 13.2. The van der Waals surface area contributed by atoms with E-state index in [0.29, 0.717) is 28.3 Å². The summed E-state index contributed by atoms with van der Waals surface area (Å²) in [4.78, 5) is 27.6. The molecule has 6 heteroatoms. The lowest BCUT2D eigenvalue weighted by atomic mass is 9.99. The monoisotopic (exact) mass is 394 g/mol. The van der Waals surface area contributed by atoms with Crippen LogP contribution in [0.2, 0.25) is 0 Å². The average Bonchev–Trinajstić information content (AvgIpc) is 2.94. The number of ether oxygens (including phenoxy) is 2. The number of hydrogen-bond acceptors (Lipinski definition) is 5. The Bertz CT molecular complexity index is 1010. The Morgan fingerprint density at radius 1 is 0.897 bits per heavy atom. The topological polar surface area (TPSA) is 67.9 Å². The molecule has 2 amide bonds. The molecule has 2 aromatic rings. The molecule has 0 aromatic heterocycles. The molecule has 0 saturated heterocycles. The van der Waals surface area contributed by atoms with Crippen molar-refractivity contribution < 1.29 is 19.1 Å². The molecule has 0 aliphatic carbocycles. The quantitative estimate of drug-likeness (QED) is 0.752. The Morgan fingerprint density at radius 3 is 2.21 bits per heavy atom. The Morgan fingerprint density at radius 2 is 1.62 bits per heavy atom. The Kier molecular flexibility index (Phi) is 5.64. The normalized spacial score (nSPS) is 14.1. The smallest absolute Gasteiger partial charge is 0.278 e. The number of benzene rings is 2. The van der Waals surface area contributed by atoms with E-state index in [1.807, 2.05) is 45.9 Å². The van der Waals surface area contributed by atoms with Crippen molar-refractivity contribution in [3.05, 3.63) is 58.8 Å². The van der Waals surface area contributed by atoms with Gasteiger partial charge < -0.3 is 14.8 Å². The van der Waals surface area contributed by atoms with Crippen LogP contribution in [0, 0.1) is 13.8 Å². The number of hydrogen-bond donors (Lipinski definition) is 1. The average molecular weight is 394 g/mol. The number of amides is 2. The van der Waals surface area contributed by atoms with Crippen molar-refractivity contribution in [2.45, 2.75) is 33.7 Å². The molecule has 2 aromatic carbocycles. The van der Waals surface area contributed by atoms with Gasteiger partial charge in [-0.1, -0.05) is 18.2 Å². The highest BCUT2D eigenvalue weighted by Gasteiger charge is 2.40. The van der Waals surface area contributed by atoms with E-state index in [4.69, 9.17) is 9.47 Å². The second-order valence-electron chi connectivity index (χ2n) is 7.31. The molecule has 152 valence electrons. The van der Waals surface area contributed by atoms with Crippen molar-refractivity contribution in [2.24, 2.45) is 0 Å². The molecule has 3 rings (SSSR count). The number of carbonyl (C=O) groups is 2. The number of anilines is 1. The molecule has 0 unspecified atom stereocenters. The van der Waals surface area contributed by atoms with Crippen LogP contribution in [0.3, 0.4) is 0 Å². The zero-order chi connectivity index (χ0) is 21.3. The summed E-state index contributed by atoms with van der Waals surface area (Å²) >= 11 is 0. The molecule has 29 heavy (non-hydrogen) atoms. The van der Waals surface area contributed by atoms with E-state index in [-0.39, 0.29) is 23.6 Å². The van der Waals surface area contributed by atoms with Gasteiger partial charge in [0.1, 0.15) is 17.2 Å². The second-order valence-corrected chi connectivity index (χ2v) is 7.31. The molecule has 0 spiro atoms. The molecule has 0 atom stereocenters. The lowest BCUT2D eigenvalue weighted by Crippen LogP contribution is -2.38. The third-order valence-corrected chi connectivity index (χ3v) is 5.10. The summed E-state index contributed by atoms with van der Waals surface area (Å²) in [6, 6.07) is 10.8. The summed E-state index contributed by atoms with van der Waals surface area (Å²) in [5, 5.41) is 3.15. The fourth-order valence-corrected chi connectivity index (χ4v) is 3.33. The van der Waals surface area contributed by atoms with Gasteiger partial charge in [-0.2, -0.15) is 0 Å². The Hall–Kier alpha value is -3.28. The first-order valence-electron chi connectivity index (χ1n) is 9.47. The summed E-state index contributed by atoms with van der Waals surface area (Å²) in [6.45, 7) is 7.65. The SMILES string of the molecule is COc1ccc(NC2=C(c3ccc(C)c(C)c3)C(=O)N(C(C)C)C2=O)c(OC)c1. The van der Waals surface area contributed by atoms with Crippen LogP contribution in [-0.4, -0.2) is 37.0 Å². The summed E-state index contributed by atoms with van der Waals surface area (Å²) in [6.07, 6.45) is 0. The summed E-state index contributed by atoms with van der Waals surface area (Å²) in [5.74, 6) is 0.493. The molecular formula is C23H26N2O4. The van der Waals surface area contributed by atoms with E-state index in [9.17, 15) is 9.59 Å². The summed E-state index contributed by atoms with van der Waals surface area (Å²) < 4.78 is 10.7. The molecule has 1 aliphatic heterocycles. The number of carbonyl (C=O) groups excluding carboxylic acids is 2. The van der Waals surface area contributed by atoms with Gasteiger partial charge >= 0.3 is 0 Å². The van der Waals surface area contributed by atoms with Gasteiger partial charge in [-0.25, -0.2) is 0 Å². The first-order chi connectivity index (χ1) is 13.8. The molecular weight excluding hydrogens is 368 g/mol. The van der Waals surface area contributed by atoms with Gasteiger partial charge in [0.25, 0.3) is 11.8 Å². The minimum Gasteiger partial charge on any atom is -0.497 e. The van der Waals surface area contributed by atoms with Gasteiger partial charge in [0.15, 0.2) is 0 Å². The van der Waals surface area contributed by atoms with Crippen LogP contribution in [0.5, 0.6) is 11.5 Å². The van der Waals surface area contributed by atoms with Gasteiger partial charge in [0.05, 0.1) is 25.5 Å². The van der Waals surface area contributed by atoms with Crippen LogP contribution in [0.25, 0.3) is 5.57 Å². The number of methoxy groups -OCH3 is 2. The zero-order valence-electron chi connectivity index (χ0n) is 17.6. The fraction of sp³-hybridized carbons (Fsp3) is 0.304. The van der Waals surface area contributed by atoms with Gasteiger partial charge in [-0.15, -0.1) is 0 Å². The second kappa shape index (κ2) is 7.99. The lowest BCUT2D eigenvalue weighted by molar-refractivity contribution is -0.138. The van der Waals surface area contributed by atoms with Crippen LogP contribution in [0.15, 0.2) is 42.1 Å². The van der Waals surface area contributed by atoms with E-state index in [0.717, 1.165) is 11.1 Å². The van der Waals surface area contributed by atoms with Crippen LogP contribution in [0.1, 0.15) is 30.5 Å². The van der Waals surface area contributed by atoms with Crippen LogP contribution in [0.4, 0.5) is 5.69 Å². The fourth-order valence-electron chi connectivity index (χ4n) is 3.33. The first kappa shape index (κ1) is 20.5. The van der Waals surface area contributed by atoms with Gasteiger partial charge in [-0.05, 0) is 56.5 Å². The Balaban J connectivity index is 2.14. The van der Waals surface area contributed by atoms with Gasteiger partial charge in [0.2, 0.25) is 0 Å².